The van der Waals surface area contributed by atoms with Crippen LogP contribution in [-0.2, 0) is 11.3 Å². The van der Waals surface area contributed by atoms with Crippen LogP contribution in [0.2, 0.25) is 0 Å². The van der Waals surface area contributed by atoms with E-state index in [2.05, 4.69) is 62.6 Å². The van der Waals surface area contributed by atoms with E-state index in [1.165, 1.54) is 17.7 Å². The normalized spacial score (nSPS) is 16.8. The molecule has 1 atom stereocenters. The summed E-state index contributed by atoms with van der Waals surface area (Å²) in [5.74, 6) is 1.70. The molecule has 1 aromatic heterocycles. The molecule has 5 heteroatoms. The minimum absolute atomic E-state index is 0.711. The first-order valence-corrected chi connectivity index (χ1v) is 9.42. The van der Waals surface area contributed by atoms with Gasteiger partial charge in [-0.3, -0.25) is 0 Å². The van der Waals surface area contributed by atoms with Crippen molar-refractivity contribution >= 4 is 11.5 Å². The van der Waals surface area contributed by atoms with Crippen molar-refractivity contribution in [2.75, 3.05) is 56.7 Å². The van der Waals surface area contributed by atoms with Gasteiger partial charge in [0.15, 0.2) is 0 Å². The number of methoxy groups -OCH3 is 1. The number of pyridine rings is 1. The van der Waals surface area contributed by atoms with Gasteiger partial charge < -0.3 is 19.9 Å². The topological polar surface area (TPSA) is 40.6 Å². The Morgan fingerprint density at radius 2 is 2.08 bits per heavy atom. The van der Waals surface area contributed by atoms with Crippen LogP contribution in [0.3, 0.4) is 0 Å². The number of hydrogen-bond donors (Lipinski definition) is 1. The van der Waals surface area contributed by atoms with E-state index in [-0.39, 0.29) is 0 Å². The van der Waals surface area contributed by atoms with Gasteiger partial charge in [-0.15, -0.1) is 0 Å². The maximum atomic E-state index is 5.11. The van der Waals surface area contributed by atoms with Crippen LogP contribution in [0.25, 0.3) is 0 Å². The van der Waals surface area contributed by atoms with E-state index in [1.54, 1.807) is 7.11 Å². The summed E-state index contributed by atoms with van der Waals surface area (Å²) >= 11 is 0. The van der Waals surface area contributed by atoms with Crippen molar-refractivity contribution in [1.29, 1.82) is 0 Å². The summed E-state index contributed by atoms with van der Waals surface area (Å²) in [7, 11) is 3.76. The van der Waals surface area contributed by atoms with E-state index < -0.39 is 0 Å². The third-order valence-corrected chi connectivity index (χ3v) is 5.00. The molecule has 1 saturated heterocycles. The lowest BCUT2D eigenvalue weighted by Gasteiger charge is -2.19. The predicted molar refractivity (Wildman–Crippen MR) is 108 cm³/mol. The molecular weight excluding hydrogens is 324 g/mol. The maximum absolute atomic E-state index is 5.11. The van der Waals surface area contributed by atoms with Crippen LogP contribution in [0.4, 0.5) is 11.5 Å². The molecule has 0 radical (unpaired) electrons. The molecule has 0 saturated carbocycles. The number of nitrogens with one attached hydrogen (secondary N) is 1. The Labute approximate surface area is 157 Å². The average molecular weight is 354 g/mol. The quantitative estimate of drug-likeness (QED) is 0.750. The Balaban J connectivity index is 1.40. The van der Waals surface area contributed by atoms with Crippen molar-refractivity contribution in [3.8, 4) is 0 Å². The number of anilines is 2. The van der Waals surface area contributed by atoms with Crippen LogP contribution >= 0.6 is 0 Å². The predicted octanol–water partition coefficient (Wildman–Crippen LogP) is 2.78. The molecule has 0 amide bonds. The molecule has 140 valence electrons. The number of hydrogen-bond acceptors (Lipinski definition) is 5. The Morgan fingerprint density at radius 3 is 2.81 bits per heavy atom. The average Bonchev–Trinajstić information content (AvgIpc) is 3.16. The number of para-hydroxylation sites is 1. The number of likely N-dealkylation sites (N-methyl/N-ethyl adjacent to an activating group) is 1. The molecule has 0 unspecified atom stereocenters. The van der Waals surface area contributed by atoms with Crippen molar-refractivity contribution in [2.24, 2.45) is 5.92 Å². The molecule has 3 rings (SSSR count). The van der Waals surface area contributed by atoms with E-state index in [9.17, 15) is 0 Å². The van der Waals surface area contributed by atoms with Crippen molar-refractivity contribution in [3.63, 3.8) is 0 Å². The highest BCUT2D eigenvalue weighted by atomic mass is 16.5. The fraction of sp³-hybridized carbons (Fsp3) is 0.476. The van der Waals surface area contributed by atoms with Gasteiger partial charge in [0.2, 0.25) is 0 Å². The van der Waals surface area contributed by atoms with E-state index in [1.807, 2.05) is 13.2 Å². The van der Waals surface area contributed by atoms with Gasteiger partial charge in [-0.2, -0.15) is 0 Å². The van der Waals surface area contributed by atoms with Gasteiger partial charge in [-0.1, -0.05) is 24.3 Å². The molecule has 26 heavy (non-hydrogen) atoms. The first-order valence-electron chi connectivity index (χ1n) is 9.42. The number of benzene rings is 1. The number of rotatable bonds is 9. The summed E-state index contributed by atoms with van der Waals surface area (Å²) in [5, 5.41) is 3.60. The van der Waals surface area contributed by atoms with Crippen LogP contribution in [-0.4, -0.2) is 51.9 Å². The van der Waals surface area contributed by atoms with Crippen LogP contribution in [0.15, 0.2) is 48.7 Å². The molecule has 0 bridgehead atoms. The first kappa shape index (κ1) is 18.7. The van der Waals surface area contributed by atoms with Gasteiger partial charge in [-0.05, 0) is 36.1 Å². The number of nitrogens with zero attached hydrogens (tertiary/aromatic N) is 3. The first-order chi connectivity index (χ1) is 12.8. The van der Waals surface area contributed by atoms with Crippen molar-refractivity contribution in [3.05, 3.63) is 54.2 Å². The summed E-state index contributed by atoms with van der Waals surface area (Å²) < 4.78 is 5.11. The molecule has 1 fully saturated rings. The van der Waals surface area contributed by atoms with E-state index in [0.717, 1.165) is 38.5 Å². The molecular formula is C21H30N4O. The molecule has 1 N–H and O–H groups in total. The summed E-state index contributed by atoms with van der Waals surface area (Å²) in [6.07, 6.45) is 3.22. The third-order valence-electron chi connectivity index (χ3n) is 5.00. The largest absolute Gasteiger partial charge is 0.383 e. The van der Waals surface area contributed by atoms with Crippen LogP contribution in [0, 0.1) is 5.92 Å². The summed E-state index contributed by atoms with van der Waals surface area (Å²) in [4.78, 5) is 9.15. The van der Waals surface area contributed by atoms with Gasteiger partial charge in [0.1, 0.15) is 5.82 Å². The summed E-state index contributed by atoms with van der Waals surface area (Å²) in [5.41, 5.74) is 2.57. The SMILES string of the molecule is COCCN(C)c1ccc(CNC[C@H]2CCN(c3ccccc3)C2)cn1. The second-order valence-electron chi connectivity index (χ2n) is 7.01. The lowest BCUT2D eigenvalue weighted by atomic mass is 10.1. The van der Waals surface area contributed by atoms with Crippen molar-refractivity contribution < 1.29 is 4.74 Å². The van der Waals surface area contributed by atoms with Crippen LogP contribution in [0.5, 0.6) is 0 Å². The van der Waals surface area contributed by atoms with Gasteiger partial charge in [-0.25, -0.2) is 4.98 Å². The molecule has 0 aliphatic carbocycles. The smallest absolute Gasteiger partial charge is 0.128 e. The van der Waals surface area contributed by atoms with Gasteiger partial charge in [0.25, 0.3) is 0 Å². The van der Waals surface area contributed by atoms with Crippen LogP contribution < -0.4 is 15.1 Å². The van der Waals surface area contributed by atoms with Crippen LogP contribution in [0.1, 0.15) is 12.0 Å². The van der Waals surface area contributed by atoms with E-state index in [4.69, 9.17) is 4.74 Å². The minimum atomic E-state index is 0.711. The lowest BCUT2D eigenvalue weighted by molar-refractivity contribution is 0.206. The molecule has 1 aromatic carbocycles. The van der Waals surface area contributed by atoms with E-state index in [0.29, 0.717) is 12.5 Å². The fourth-order valence-corrected chi connectivity index (χ4v) is 3.38. The second kappa shape index (κ2) is 9.55. The monoisotopic (exact) mass is 354 g/mol. The number of ether oxygens (including phenoxy) is 1. The van der Waals surface area contributed by atoms with E-state index >= 15 is 0 Å². The molecule has 2 aromatic rings. The minimum Gasteiger partial charge on any atom is -0.383 e. The van der Waals surface area contributed by atoms with Gasteiger partial charge in [0.05, 0.1) is 6.61 Å². The molecule has 5 nitrogen and oxygen atoms in total. The highest BCUT2D eigenvalue weighted by molar-refractivity contribution is 5.46. The Bertz CT molecular complexity index is 647. The maximum Gasteiger partial charge on any atom is 0.128 e. The van der Waals surface area contributed by atoms with Crippen molar-refractivity contribution in [1.82, 2.24) is 10.3 Å². The fourth-order valence-electron chi connectivity index (χ4n) is 3.38. The Hall–Kier alpha value is -2.11. The zero-order chi connectivity index (χ0) is 18.2. The summed E-state index contributed by atoms with van der Waals surface area (Å²) in [6, 6.07) is 14.9. The highest BCUT2D eigenvalue weighted by Crippen LogP contribution is 2.23. The lowest BCUT2D eigenvalue weighted by Crippen LogP contribution is -2.26. The zero-order valence-electron chi connectivity index (χ0n) is 15.9. The third kappa shape index (κ3) is 5.19. The van der Waals surface area contributed by atoms with Crippen molar-refractivity contribution in [2.45, 2.75) is 13.0 Å². The van der Waals surface area contributed by atoms with Gasteiger partial charge in [0, 0.05) is 58.8 Å². The molecule has 2 heterocycles. The highest BCUT2D eigenvalue weighted by Gasteiger charge is 2.22. The molecule has 0 spiro atoms. The number of aromatic nitrogens is 1. The Kier molecular flexibility index (Phi) is 6.86. The molecule has 1 aliphatic rings. The summed E-state index contributed by atoms with van der Waals surface area (Å²) in [6.45, 7) is 5.78. The standard InChI is InChI=1S/C21H30N4O/c1-24(12-13-26-2)21-9-8-18(16-23-21)14-22-15-19-10-11-25(17-19)20-6-4-3-5-7-20/h3-9,16,19,22H,10-15,17H2,1-2H3/t19-/m1/s1. The second-order valence-corrected chi connectivity index (χ2v) is 7.01. The molecule has 1 aliphatic heterocycles. The van der Waals surface area contributed by atoms with Gasteiger partial charge >= 0.3 is 0 Å². The zero-order valence-corrected chi connectivity index (χ0v) is 15.9. The Morgan fingerprint density at radius 1 is 1.23 bits per heavy atom.